The molecular weight excluding hydrogens is 244 g/mol. The first-order chi connectivity index (χ1) is 9.22. The van der Waals surface area contributed by atoms with Crippen LogP contribution in [0.25, 0.3) is 0 Å². The number of carbonyl (C=O) groups excluding carboxylic acids is 1. The van der Waals surface area contributed by atoms with E-state index in [4.69, 9.17) is 15.6 Å². The van der Waals surface area contributed by atoms with Crippen LogP contribution >= 0.6 is 0 Å². The lowest BCUT2D eigenvalue weighted by molar-refractivity contribution is 0.0656. The molecule has 0 heterocycles. The molecule has 1 rings (SSSR count). The molecule has 0 aliphatic carbocycles. The van der Waals surface area contributed by atoms with Crippen LogP contribution in [0.1, 0.15) is 15.9 Å². The van der Waals surface area contributed by atoms with E-state index >= 15 is 0 Å². The normalized spacial score (nSPS) is 10.5. The Hall–Kier alpha value is -1.43. The Morgan fingerprint density at radius 3 is 2.53 bits per heavy atom. The average molecular weight is 266 g/mol. The lowest BCUT2D eigenvalue weighted by Gasteiger charge is -2.21. The van der Waals surface area contributed by atoms with Crippen molar-refractivity contribution in [3.05, 3.63) is 35.4 Å². The van der Waals surface area contributed by atoms with Gasteiger partial charge in [-0.1, -0.05) is 12.1 Å². The molecule has 0 fully saturated rings. The lowest BCUT2D eigenvalue weighted by atomic mass is 10.1. The van der Waals surface area contributed by atoms with Crippen LogP contribution in [0.15, 0.2) is 24.3 Å². The number of hydrogen-bond donors (Lipinski definition) is 2. The first-order valence-corrected chi connectivity index (χ1v) is 6.41. The fourth-order valence-corrected chi connectivity index (χ4v) is 1.80. The molecule has 0 bridgehead atoms. The van der Waals surface area contributed by atoms with E-state index in [9.17, 15) is 4.79 Å². The lowest BCUT2D eigenvalue weighted by Crippen LogP contribution is -2.36. The Bertz CT molecular complexity index is 379. The van der Waals surface area contributed by atoms with E-state index in [1.165, 1.54) is 0 Å². The first-order valence-electron chi connectivity index (χ1n) is 6.41. The minimum absolute atomic E-state index is 0.0548. The summed E-state index contributed by atoms with van der Waals surface area (Å²) >= 11 is 0. The molecule has 0 radical (unpaired) electrons. The molecule has 0 saturated carbocycles. The largest absolute Gasteiger partial charge is 0.395 e. The number of benzene rings is 1. The van der Waals surface area contributed by atoms with Crippen molar-refractivity contribution in [1.29, 1.82) is 0 Å². The van der Waals surface area contributed by atoms with E-state index in [-0.39, 0.29) is 12.5 Å². The monoisotopic (exact) mass is 266 g/mol. The van der Waals surface area contributed by atoms with Crippen LogP contribution in [0.4, 0.5) is 0 Å². The molecular formula is C14H22N2O3. The number of aliphatic hydroxyl groups excluding tert-OH is 1. The van der Waals surface area contributed by atoms with E-state index in [0.29, 0.717) is 31.8 Å². The summed E-state index contributed by atoms with van der Waals surface area (Å²) in [7, 11) is 1.59. The summed E-state index contributed by atoms with van der Waals surface area (Å²) < 4.78 is 4.97. The number of methoxy groups -OCH3 is 1. The maximum Gasteiger partial charge on any atom is 0.254 e. The van der Waals surface area contributed by atoms with Gasteiger partial charge in [-0.05, 0) is 30.7 Å². The van der Waals surface area contributed by atoms with Gasteiger partial charge in [-0.2, -0.15) is 0 Å². The second-order valence-corrected chi connectivity index (χ2v) is 4.24. The summed E-state index contributed by atoms with van der Waals surface area (Å²) in [4.78, 5) is 13.8. The zero-order valence-corrected chi connectivity index (χ0v) is 11.3. The second-order valence-electron chi connectivity index (χ2n) is 4.24. The Labute approximate surface area is 114 Å². The van der Waals surface area contributed by atoms with Crippen molar-refractivity contribution in [2.75, 3.05) is 40.0 Å². The summed E-state index contributed by atoms with van der Waals surface area (Å²) in [5.41, 5.74) is 7.22. The third-order valence-electron chi connectivity index (χ3n) is 2.86. The van der Waals surface area contributed by atoms with Gasteiger partial charge in [0.1, 0.15) is 0 Å². The van der Waals surface area contributed by atoms with Crippen LogP contribution in [-0.4, -0.2) is 55.9 Å². The zero-order chi connectivity index (χ0) is 14.1. The fraction of sp³-hybridized carbons (Fsp3) is 0.500. The van der Waals surface area contributed by atoms with Gasteiger partial charge in [0.15, 0.2) is 0 Å². The summed E-state index contributed by atoms with van der Waals surface area (Å²) in [5, 5.41) is 9.00. The van der Waals surface area contributed by atoms with E-state index in [2.05, 4.69) is 0 Å². The van der Waals surface area contributed by atoms with Gasteiger partial charge in [0.05, 0.1) is 13.2 Å². The number of carbonyl (C=O) groups is 1. The highest BCUT2D eigenvalue weighted by Crippen LogP contribution is 2.08. The quantitative estimate of drug-likeness (QED) is 0.708. The van der Waals surface area contributed by atoms with Gasteiger partial charge >= 0.3 is 0 Å². The average Bonchev–Trinajstić information content (AvgIpc) is 2.44. The summed E-state index contributed by atoms with van der Waals surface area (Å²) in [5.74, 6) is -0.0922. The predicted octanol–water partition coefficient (Wildman–Crippen LogP) is 0.269. The van der Waals surface area contributed by atoms with E-state index in [0.717, 1.165) is 12.0 Å². The third-order valence-corrected chi connectivity index (χ3v) is 2.86. The molecule has 0 unspecified atom stereocenters. The van der Waals surface area contributed by atoms with Gasteiger partial charge in [0.25, 0.3) is 5.91 Å². The molecule has 0 aliphatic rings. The smallest absolute Gasteiger partial charge is 0.254 e. The fourth-order valence-electron chi connectivity index (χ4n) is 1.80. The topological polar surface area (TPSA) is 75.8 Å². The van der Waals surface area contributed by atoms with Crippen molar-refractivity contribution in [1.82, 2.24) is 4.90 Å². The number of aliphatic hydroxyl groups is 1. The van der Waals surface area contributed by atoms with Gasteiger partial charge < -0.3 is 20.5 Å². The number of rotatable bonds is 8. The Kier molecular flexibility index (Phi) is 7.10. The molecule has 0 aromatic heterocycles. The van der Waals surface area contributed by atoms with E-state index < -0.39 is 0 Å². The minimum atomic E-state index is -0.0922. The molecule has 1 aromatic carbocycles. The highest BCUT2D eigenvalue weighted by molar-refractivity contribution is 5.94. The Morgan fingerprint density at radius 2 is 2.00 bits per heavy atom. The van der Waals surface area contributed by atoms with Gasteiger partial charge in [-0.15, -0.1) is 0 Å². The summed E-state index contributed by atoms with van der Waals surface area (Å²) in [6.45, 7) is 1.78. The van der Waals surface area contributed by atoms with Crippen molar-refractivity contribution in [2.45, 2.75) is 6.42 Å². The SMILES string of the molecule is COCCN(CCO)C(=O)c1ccc(CCN)cc1. The third kappa shape index (κ3) is 4.98. The molecule has 0 atom stereocenters. The molecule has 106 valence electrons. The van der Waals surface area contributed by atoms with Gasteiger partial charge in [0.2, 0.25) is 0 Å². The maximum absolute atomic E-state index is 12.2. The first kappa shape index (κ1) is 15.6. The van der Waals surface area contributed by atoms with Crippen LogP contribution < -0.4 is 5.73 Å². The molecule has 19 heavy (non-hydrogen) atoms. The molecule has 5 nitrogen and oxygen atoms in total. The summed E-state index contributed by atoms with van der Waals surface area (Å²) in [6.07, 6.45) is 0.804. The van der Waals surface area contributed by atoms with Gasteiger partial charge in [0, 0.05) is 25.8 Å². The van der Waals surface area contributed by atoms with Crippen molar-refractivity contribution in [3.8, 4) is 0 Å². The van der Waals surface area contributed by atoms with Crippen LogP contribution in [0, 0.1) is 0 Å². The molecule has 1 aromatic rings. The molecule has 5 heteroatoms. The van der Waals surface area contributed by atoms with E-state index in [1.807, 2.05) is 12.1 Å². The van der Waals surface area contributed by atoms with E-state index in [1.54, 1.807) is 24.1 Å². The second kappa shape index (κ2) is 8.63. The van der Waals surface area contributed by atoms with Crippen LogP contribution in [0.3, 0.4) is 0 Å². The zero-order valence-electron chi connectivity index (χ0n) is 11.3. The molecule has 0 aliphatic heterocycles. The van der Waals surface area contributed by atoms with Gasteiger partial charge in [-0.3, -0.25) is 4.79 Å². The van der Waals surface area contributed by atoms with Crippen molar-refractivity contribution < 1.29 is 14.6 Å². The molecule has 0 spiro atoms. The Morgan fingerprint density at radius 1 is 1.32 bits per heavy atom. The number of nitrogens with two attached hydrogens (primary N) is 1. The van der Waals surface area contributed by atoms with Gasteiger partial charge in [-0.25, -0.2) is 0 Å². The van der Waals surface area contributed by atoms with Crippen LogP contribution in [0.2, 0.25) is 0 Å². The molecule has 1 amide bonds. The number of ether oxygens (including phenoxy) is 1. The van der Waals surface area contributed by atoms with Crippen LogP contribution in [-0.2, 0) is 11.2 Å². The predicted molar refractivity (Wildman–Crippen MR) is 74.1 cm³/mol. The Balaban J connectivity index is 2.71. The van der Waals surface area contributed by atoms with Crippen LogP contribution in [0.5, 0.6) is 0 Å². The van der Waals surface area contributed by atoms with Crippen molar-refractivity contribution >= 4 is 5.91 Å². The molecule has 3 N–H and O–H groups in total. The number of hydrogen-bond acceptors (Lipinski definition) is 4. The summed E-state index contributed by atoms with van der Waals surface area (Å²) in [6, 6.07) is 7.41. The highest BCUT2D eigenvalue weighted by Gasteiger charge is 2.14. The molecule has 0 saturated heterocycles. The van der Waals surface area contributed by atoms with Crippen molar-refractivity contribution in [3.63, 3.8) is 0 Å². The highest BCUT2D eigenvalue weighted by atomic mass is 16.5. The number of nitrogens with zero attached hydrogens (tertiary/aromatic N) is 1. The maximum atomic E-state index is 12.2. The standard InChI is InChI=1S/C14H22N2O3/c1-19-11-9-16(8-10-17)14(18)13-4-2-12(3-5-13)6-7-15/h2-5,17H,6-11,15H2,1H3. The van der Waals surface area contributed by atoms with Crippen molar-refractivity contribution in [2.24, 2.45) is 5.73 Å². The number of amides is 1. The minimum Gasteiger partial charge on any atom is -0.395 e.